The molecule has 0 aliphatic rings. The molecular weight excluding hydrogens is 444 g/mol. The monoisotopic (exact) mass is 466 g/mol. The van der Waals surface area contributed by atoms with Crippen LogP contribution in [0.25, 0.3) is 10.2 Å². The molecule has 2 aromatic heterocycles. The number of hydrogen-bond donors (Lipinski definition) is 0. The Morgan fingerprint density at radius 1 is 1.03 bits per heavy atom. The number of anilines is 1. The normalized spacial score (nSPS) is 11.8. The standard InChI is InChI=1S/C23H22N4O3S2/c1-16-6-4-8-20-21(16)25-23(31-20)27(15-17-7-5-13-24-14-17)22(28)18-9-11-19(12-10-18)32(29,30)26(2)3/h4-14H,15H2,1-3H3. The van der Waals surface area contributed by atoms with Gasteiger partial charge in [0.15, 0.2) is 5.13 Å². The van der Waals surface area contributed by atoms with Gasteiger partial charge in [-0.15, -0.1) is 0 Å². The van der Waals surface area contributed by atoms with Gasteiger partial charge in [0.25, 0.3) is 5.91 Å². The number of pyridine rings is 1. The number of carbonyl (C=O) groups is 1. The van der Waals surface area contributed by atoms with Gasteiger partial charge in [-0.05, 0) is 54.4 Å². The van der Waals surface area contributed by atoms with Crippen LogP contribution in [-0.2, 0) is 16.6 Å². The Morgan fingerprint density at radius 3 is 2.41 bits per heavy atom. The van der Waals surface area contributed by atoms with Crippen molar-refractivity contribution in [2.45, 2.75) is 18.4 Å². The van der Waals surface area contributed by atoms with E-state index in [-0.39, 0.29) is 10.8 Å². The molecule has 0 fully saturated rings. The quantitative estimate of drug-likeness (QED) is 0.427. The molecule has 0 spiro atoms. The molecule has 1 amide bonds. The number of para-hydroxylation sites is 1. The fraction of sp³-hybridized carbons (Fsp3) is 0.174. The highest BCUT2D eigenvalue weighted by Gasteiger charge is 2.24. The molecule has 0 atom stereocenters. The minimum absolute atomic E-state index is 0.133. The number of aryl methyl sites for hydroxylation is 1. The Morgan fingerprint density at radius 2 is 1.78 bits per heavy atom. The highest BCUT2D eigenvalue weighted by atomic mass is 32.2. The summed E-state index contributed by atoms with van der Waals surface area (Å²) >= 11 is 1.44. The molecule has 0 N–H and O–H groups in total. The number of benzene rings is 2. The topological polar surface area (TPSA) is 83.5 Å². The van der Waals surface area contributed by atoms with E-state index in [0.29, 0.717) is 17.2 Å². The molecule has 164 valence electrons. The van der Waals surface area contributed by atoms with Crippen molar-refractivity contribution in [3.63, 3.8) is 0 Å². The third kappa shape index (κ3) is 4.27. The fourth-order valence-corrected chi connectivity index (χ4v) is 5.17. The maximum atomic E-state index is 13.5. The predicted octanol–water partition coefficient (Wildman–Crippen LogP) is 4.10. The summed E-state index contributed by atoms with van der Waals surface area (Å²) in [4.78, 5) is 24.1. The van der Waals surface area contributed by atoms with Crippen LogP contribution in [0.2, 0.25) is 0 Å². The molecule has 9 heteroatoms. The first-order valence-corrected chi connectivity index (χ1v) is 12.1. The molecule has 0 bridgehead atoms. The molecule has 0 unspecified atom stereocenters. The van der Waals surface area contributed by atoms with Gasteiger partial charge in [-0.25, -0.2) is 17.7 Å². The average Bonchev–Trinajstić information content (AvgIpc) is 3.23. The van der Waals surface area contributed by atoms with E-state index in [9.17, 15) is 13.2 Å². The number of aromatic nitrogens is 2. The highest BCUT2D eigenvalue weighted by molar-refractivity contribution is 7.89. The largest absolute Gasteiger partial charge is 0.279 e. The van der Waals surface area contributed by atoms with E-state index >= 15 is 0 Å². The first-order chi connectivity index (χ1) is 15.3. The van der Waals surface area contributed by atoms with Crippen LogP contribution in [0.1, 0.15) is 21.5 Å². The predicted molar refractivity (Wildman–Crippen MR) is 126 cm³/mol. The van der Waals surface area contributed by atoms with Gasteiger partial charge < -0.3 is 0 Å². The van der Waals surface area contributed by atoms with Crippen LogP contribution in [0.3, 0.4) is 0 Å². The van der Waals surface area contributed by atoms with E-state index in [4.69, 9.17) is 4.98 Å². The maximum absolute atomic E-state index is 13.5. The molecular formula is C23H22N4O3S2. The summed E-state index contributed by atoms with van der Waals surface area (Å²) in [6.07, 6.45) is 3.40. The summed E-state index contributed by atoms with van der Waals surface area (Å²) in [6, 6.07) is 15.6. The molecule has 0 aliphatic heterocycles. The van der Waals surface area contributed by atoms with E-state index in [2.05, 4.69) is 4.98 Å². The van der Waals surface area contributed by atoms with Crippen molar-refractivity contribution < 1.29 is 13.2 Å². The first-order valence-electron chi connectivity index (χ1n) is 9.87. The van der Waals surface area contributed by atoms with Crippen molar-refractivity contribution >= 4 is 42.6 Å². The van der Waals surface area contributed by atoms with Crippen LogP contribution in [0.5, 0.6) is 0 Å². The number of carbonyl (C=O) groups excluding carboxylic acids is 1. The molecule has 0 aliphatic carbocycles. The summed E-state index contributed by atoms with van der Waals surface area (Å²) in [5.74, 6) is -0.264. The number of fused-ring (bicyclic) bond motifs is 1. The SMILES string of the molecule is Cc1cccc2sc(N(Cc3cccnc3)C(=O)c3ccc(S(=O)(=O)N(C)C)cc3)nc12. The summed E-state index contributed by atoms with van der Waals surface area (Å²) in [6.45, 7) is 2.28. The summed E-state index contributed by atoms with van der Waals surface area (Å²) in [5.41, 5.74) is 3.15. The minimum atomic E-state index is -3.57. The zero-order valence-corrected chi connectivity index (χ0v) is 19.5. The fourth-order valence-electron chi connectivity index (χ4n) is 3.23. The maximum Gasteiger partial charge on any atom is 0.260 e. The molecule has 4 rings (SSSR count). The lowest BCUT2D eigenvalue weighted by Crippen LogP contribution is -2.30. The number of thiazole rings is 1. The van der Waals surface area contributed by atoms with Gasteiger partial charge in [0.05, 0.1) is 21.7 Å². The molecule has 2 aromatic carbocycles. The number of sulfonamides is 1. The second-order valence-electron chi connectivity index (χ2n) is 7.48. The number of rotatable bonds is 6. The van der Waals surface area contributed by atoms with Crippen LogP contribution >= 0.6 is 11.3 Å². The van der Waals surface area contributed by atoms with Crippen molar-refractivity contribution in [1.29, 1.82) is 0 Å². The van der Waals surface area contributed by atoms with Crippen LogP contribution in [0.15, 0.2) is 71.9 Å². The second kappa shape index (κ2) is 8.78. The van der Waals surface area contributed by atoms with Crippen LogP contribution in [0, 0.1) is 6.92 Å². The van der Waals surface area contributed by atoms with E-state index in [1.807, 2.05) is 37.3 Å². The van der Waals surface area contributed by atoms with Gasteiger partial charge in [-0.3, -0.25) is 14.7 Å². The van der Waals surface area contributed by atoms with Crippen molar-refractivity contribution in [2.75, 3.05) is 19.0 Å². The van der Waals surface area contributed by atoms with E-state index in [1.165, 1.54) is 49.7 Å². The Balaban J connectivity index is 1.74. The average molecular weight is 467 g/mol. The van der Waals surface area contributed by atoms with Gasteiger partial charge in [0.2, 0.25) is 10.0 Å². The molecule has 0 saturated heterocycles. The van der Waals surface area contributed by atoms with Crippen molar-refractivity contribution in [2.24, 2.45) is 0 Å². The van der Waals surface area contributed by atoms with Crippen molar-refractivity contribution in [3.05, 3.63) is 83.7 Å². The molecule has 0 saturated carbocycles. The second-order valence-corrected chi connectivity index (χ2v) is 10.6. The highest BCUT2D eigenvalue weighted by Crippen LogP contribution is 2.32. The zero-order chi connectivity index (χ0) is 22.9. The van der Waals surface area contributed by atoms with Gasteiger partial charge in [0, 0.05) is 32.1 Å². The zero-order valence-electron chi connectivity index (χ0n) is 17.9. The molecule has 7 nitrogen and oxygen atoms in total. The number of nitrogens with zero attached hydrogens (tertiary/aromatic N) is 4. The van der Waals surface area contributed by atoms with E-state index in [0.717, 1.165) is 25.6 Å². The summed E-state index contributed by atoms with van der Waals surface area (Å²) in [7, 11) is -0.630. The van der Waals surface area contributed by atoms with Gasteiger partial charge in [0.1, 0.15) is 0 Å². The Labute approximate surface area is 191 Å². The molecule has 4 aromatic rings. The van der Waals surface area contributed by atoms with Crippen molar-refractivity contribution in [3.8, 4) is 0 Å². The third-order valence-electron chi connectivity index (χ3n) is 5.03. The number of amides is 1. The Bertz CT molecular complexity index is 1370. The van der Waals surface area contributed by atoms with Crippen LogP contribution in [-0.4, -0.2) is 42.7 Å². The minimum Gasteiger partial charge on any atom is -0.279 e. The number of hydrogen-bond acceptors (Lipinski definition) is 6. The first kappa shape index (κ1) is 22.1. The smallest absolute Gasteiger partial charge is 0.260 e. The Kier molecular flexibility index (Phi) is 6.05. The van der Waals surface area contributed by atoms with Gasteiger partial charge >= 0.3 is 0 Å². The summed E-state index contributed by atoms with van der Waals surface area (Å²) < 4.78 is 26.9. The Hall–Kier alpha value is -3.14. The lowest BCUT2D eigenvalue weighted by molar-refractivity contribution is 0.0985. The van der Waals surface area contributed by atoms with Crippen molar-refractivity contribution in [1.82, 2.24) is 14.3 Å². The molecule has 2 heterocycles. The van der Waals surface area contributed by atoms with E-state index < -0.39 is 10.0 Å². The molecule has 32 heavy (non-hydrogen) atoms. The van der Waals surface area contributed by atoms with Gasteiger partial charge in [-0.2, -0.15) is 0 Å². The molecule has 0 radical (unpaired) electrons. The summed E-state index contributed by atoms with van der Waals surface area (Å²) in [5, 5.41) is 0.577. The van der Waals surface area contributed by atoms with Gasteiger partial charge in [-0.1, -0.05) is 29.5 Å². The van der Waals surface area contributed by atoms with Crippen LogP contribution < -0.4 is 4.90 Å². The van der Waals surface area contributed by atoms with E-state index in [1.54, 1.807) is 17.3 Å². The lowest BCUT2D eigenvalue weighted by atomic mass is 10.2. The third-order valence-corrected chi connectivity index (χ3v) is 7.90. The lowest BCUT2D eigenvalue weighted by Gasteiger charge is -2.20. The van der Waals surface area contributed by atoms with Crippen LogP contribution in [0.4, 0.5) is 5.13 Å².